The summed E-state index contributed by atoms with van der Waals surface area (Å²) in [6, 6.07) is 11.5. The van der Waals surface area contributed by atoms with E-state index in [4.69, 9.17) is 4.74 Å². The van der Waals surface area contributed by atoms with E-state index in [-0.39, 0.29) is 54.9 Å². The van der Waals surface area contributed by atoms with Gasteiger partial charge in [-0.3, -0.25) is 19.8 Å². The number of benzene rings is 2. The van der Waals surface area contributed by atoms with Gasteiger partial charge >= 0.3 is 6.09 Å². The van der Waals surface area contributed by atoms with Crippen molar-refractivity contribution in [3.05, 3.63) is 59.7 Å². The van der Waals surface area contributed by atoms with Crippen LogP contribution in [0.3, 0.4) is 0 Å². The molecule has 2 N–H and O–H groups in total. The summed E-state index contributed by atoms with van der Waals surface area (Å²) in [6.45, 7) is 7.53. The zero-order valence-electron chi connectivity index (χ0n) is 24.2. The maximum Gasteiger partial charge on any atom is 0.410 e. The Kier molecular flexibility index (Phi) is 9.25. The van der Waals surface area contributed by atoms with E-state index in [0.717, 1.165) is 24.9 Å². The number of nitrogens with zero attached hydrogens (tertiary/aromatic N) is 3. The second kappa shape index (κ2) is 13.1. The van der Waals surface area contributed by atoms with Crippen molar-refractivity contribution in [1.29, 1.82) is 0 Å². The Morgan fingerprint density at radius 2 is 1.64 bits per heavy atom. The van der Waals surface area contributed by atoms with E-state index in [9.17, 15) is 14.4 Å². The first-order chi connectivity index (χ1) is 20.2. The molecular formula is C31H39F2N5O4. The number of amides is 3. The lowest BCUT2D eigenvalue weighted by Crippen LogP contribution is -2.58. The van der Waals surface area contributed by atoms with Crippen molar-refractivity contribution in [2.24, 2.45) is 5.92 Å². The second-order valence-corrected chi connectivity index (χ2v) is 11.7. The number of hydrogen-bond donors (Lipinski definition) is 2. The fraction of sp³-hybridized carbons (Fsp3) is 0.516. The summed E-state index contributed by atoms with van der Waals surface area (Å²) in [5.41, 5.74) is 1.06. The Morgan fingerprint density at radius 3 is 2.26 bits per heavy atom. The molecule has 11 heteroatoms. The van der Waals surface area contributed by atoms with Crippen LogP contribution in [0.5, 0.6) is 0 Å². The maximum atomic E-state index is 15.3. The van der Waals surface area contributed by atoms with E-state index < -0.39 is 23.6 Å². The minimum atomic E-state index is -0.720. The van der Waals surface area contributed by atoms with E-state index in [2.05, 4.69) is 29.4 Å². The molecule has 2 aromatic carbocycles. The van der Waals surface area contributed by atoms with Gasteiger partial charge in [0.15, 0.2) is 11.6 Å². The molecule has 3 saturated heterocycles. The number of piperazine rings is 1. The van der Waals surface area contributed by atoms with Crippen molar-refractivity contribution in [3.8, 4) is 0 Å². The lowest BCUT2D eigenvalue weighted by atomic mass is 9.94. The third-order valence-corrected chi connectivity index (χ3v) is 8.56. The van der Waals surface area contributed by atoms with Crippen molar-refractivity contribution in [3.63, 3.8) is 0 Å². The summed E-state index contributed by atoms with van der Waals surface area (Å²) in [5, 5.41) is 5.09. The molecule has 2 aromatic rings. The minimum absolute atomic E-state index is 0.0653. The summed E-state index contributed by atoms with van der Waals surface area (Å²) in [5.74, 6) is -1.81. The number of carbonyl (C=O) groups is 3. The molecule has 3 fully saturated rings. The average Bonchev–Trinajstić information content (AvgIpc) is 2.96. The fourth-order valence-electron chi connectivity index (χ4n) is 6.29. The number of anilines is 2. The number of carbonyl (C=O) groups excluding carboxylic acids is 3. The topological polar surface area (TPSA) is 94.2 Å². The largest absolute Gasteiger partial charge is 0.445 e. The third-order valence-electron chi connectivity index (χ3n) is 8.56. The molecule has 0 bridgehead atoms. The summed E-state index contributed by atoms with van der Waals surface area (Å²) in [6.07, 6.45) is 1.92. The van der Waals surface area contributed by atoms with Crippen molar-refractivity contribution >= 4 is 29.3 Å². The average molecular weight is 584 g/mol. The summed E-state index contributed by atoms with van der Waals surface area (Å²) < 4.78 is 36.0. The number of imide groups is 1. The first-order valence-corrected chi connectivity index (χ1v) is 14.7. The number of hydrogen-bond acceptors (Lipinski definition) is 7. The molecule has 226 valence electrons. The van der Waals surface area contributed by atoms with Crippen LogP contribution in [0.15, 0.2) is 42.5 Å². The lowest BCUT2D eigenvalue weighted by molar-refractivity contribution is -0.133. The van der Waals surface area contributed by atoms with Gasteiger partial charge in [0.1, 0.15) is 18.3 Å². The SMILES string of the molecule is C[C@@H]1CN(c2c(F)cc(NC3CCC(=O)NC3=O)cc2F)C[C@@H](C)N1CC1CCN(C(=O)OCc2ccccc2)CC1. The summed E-state index contributed by atoms with van der Waals surface area (Å²) >= 11 is 0. The number of likely N-dealkylation sites (tertiary alicyclic amines) is 1. The maximum absolute atomic E-state index is 15.3. The molecule has 0 spiro atoms. The van der Waals surface area contributed by atoms with Crippen molar-refractivity contribution < 1.29 is 27.9 Å². The van der Waals surface area contributed by atoms with Gasteiger partial charge in [0.05, 0.1) is 0 Å². The van der Waals surface area contributed by atoms with Gasteiger partial charge in [0.25, 0.3) is 0 Å². The highest BCUT2D eigenvalue weighted by atomic mass is 19.1. The number of ether oxygens (including phenoxy) is 1. The van der Waals surface area contributed by atoms with Crippen LogP contribution in [-0.4, -0.2) is 78.6 Å². The van der Waals surface area contributed by atoms with Crippen molar-refractivity contribution in [2.75, 3.05) is 42.9 Å². The van der Waals surface area contributed by atoms with Crippen molar-refractivity contribution in [1.82, 2.24) is 15.1 Å². The standard InChI is InChI=1S/C31H39F2N5O4/c1-20-16-37(29-25(32)14-24(15-26(29)33)34-27-8-9-28(39)35-30(27)40)17-21(2)38(20)18-22-10-12-36(13-11-22)31(41)42-19-23-6-4-3-5-7-23/h3-7,14-15,20-22,27,34H,8-13,16-19H2,1-2H3,(H,35,39,40)/t20-,21-,27?/m1/s1. The lowest BCUT2D eigenvalue weighted by Gasteiger charge is -2.47. The van der Waals surface area contributed by atoms with Gasteiger partial charge in [-0.25, -0.2) is 13.6 Å². The smallest absolute Gasteiger partial charge is 0.410 e. The molecule has 42 heavy (non-hydrogen) atoms. The molecule has 1 unspecified atom stereocenters. The van der Waals surface area contributed by atoms with E-state index in [1.165, 1.54) is 12.1 Å². The van der Waals surface area contributed by atoms with E-state index in [1.54, 1.807) is 9.80 Å². The molecule has 5 rings (SSSR count). The Labute approximate surface area is 245 Å². The van der Waals surface area contributed by atoms with Crippen LogP contribution in [0.4, 0.5) is 25.0 Å². The Hall–Kier alpha value is -3.73. The predicted octanol–water partition coefficient (Wildman–Crippen LogP) is 4.13. The van der Waals surface area contributed by atoms with E-state index in [1.807, 2.05) is 30.3 Å². The molecule has 3 atom stereocenters. The Morgan fingerprint density at radius 1 is 1.00 bits per heavy atom. The van der Waals surface area contributed by atoms with Crippen LogP contribution in [0.1, 0.15) is 45.1 Å². The zero-order valence-corrected chi connectivity index (χ0v) is 24.2. The van der Waals surface area contributed by atoms with Gasteiger partial charge in [0.2, 0.25) is 11.8 Å². The van der Waals surface area contributed by atoms with Gasteiger partial charge in [-0.2, -0.15) is 0 Å². The molecule has 3 heterocycles. The Balaban J connectivity index is 1.12. The number of nitrogens with one attached hydrogen (secondary N) is 2. The third kappa shape index (κ3) is 7.00. The first-order valence-electron chi connectivity index (χ1n) is 14.7. The molecule has 0 aliphatic carbocycles. The predicted molar refractivity (Wildman–Crippen MR) is 155 cm³/mol. The van der Waals surface area contributed by atoms with E-state index in [0.29, 0.717) is 32.1 Å². The van der Waals surface area contributed by atoms with E-state index >= 15 is 8.78 Å². The second-order valence-electron chi connectivity index (χ2n) is 11.7. The highest BCUT2D eigenvalue weighted by Crippen LogP contribution is 2.32. The Bertz CT molecular complexity index is 1250. The quantitative estimate of drug-likeness (QED) is 0.474. The molecule has 9 nitrogen and oxygen atoms in total. The molecule has 0 aromatic heterocycles. The van der Waals surface area contributed by atoms with Crippen LogP contribution in [0.25, 0.3) is 0 Å². The molecule has 3 aliphatic rings. The van der Waals surface area contributed by atoms with Crippen LogP contribution in [-0.2, 0) is 20.9 Å². The van der Waals surface area contributed by atoms with Gasteiger partial charge < -0.3 is 19.9 Å². The monoisotopic (exact) mass is 583 g/mol. The highest BCUT2D eigenvalue weighted by molar-refractivity contribution is 6.01. The molecule has 0 saturated carbocycles. The van der Waals surface area contributed by atoms with Crippen LogP contribution in [0.2, 0.25) is 0 Å². The molecule has 3 aliphatic heterocycles. The number of piperidine rings is 2. The van der Waals surface area contributed by atoms with Crippen LogP contribution < -0.4 is 15.5 Å². The van der Waals surface area contributed by atoms with Crippen LogP contribution >= 0.6 is 0 Å². The van der Waals surface area contributed by atoms with Gasteiger partial charge in [-0.15, -0.1) is 0 Å². The van der Waals surface area contributed by atoms with Gasteiger partial charge in [-0.1, -0.05) is 30.3 Å². The van der Waals surface area contributed by atoms with Crippen LogP contribution in [0, 0.1) is 17.6 Å². The number of rotatable bonds is 7. The molecular weight excluding hydrogens is 544 g/mol. The van der Waals surface area contributed by atoms with Crippen molar-refractivity contribution in [2.45, 2.75) is 64.3 Å². The summed E-state index contributed by atoms with van der Waals surface area (Å²) in [7, 11) is 0. The first kappa shape index (κ1) is 29.8. The number of halogens is 2. The normalized spacial score (nSPS) is 24.0. The minimum Gasteiger partial charge on any atom is -0.445 e. The summed E-state index contributed by atoms with van der Waals surface area (Å²) in [4.78, 5) is 41.9. The molecule has 0 radical (unpaired) electrons. The highest BCUT2D eigenvalue weighted by Gasteiger charge is 2.35. The molecule has 3 amide bonds. The van der Waals surface area contributed by atoms with Gasteiger partial charge in [0, 0.05) is 56.9 Å². The van der Waals surface area contributed by atoms with Gasteiger partial charge in [-0.05, 0) is 56.7 Å². The zero-order chi connectivity index (χ0) is 29.8. The fourth-order valence-corrected chi connectivity index (χ4v) is 6.29.